The lowest BCUT2D eigenvalue weighted by Crippen LogP contribution is -2.42. The van der Waals surface area contributed by atoms with E-state index in [-0.39, 0.29) is 18.4 Å². The zero-order valence-electron chi connectivity index (χ0n) is 19.2. The minimum atomic E-state index is -0.625. The number of benzene rings is 2. The highest BCUT2D eigenvalue weighted by Crippen LogP contribution is 2.38. The second-order valence-electron chi connectivity index (χ2n) is 8.25. The summed E-state index contributed by atoms with van der Waals surface area (Å²) in [6.45, 7) is 6.68. The molecule has 32 heavy (non-hydrogen) atoms. The molecule has 0 aliphatic carbocycles. The van der Waals surface area contributed by atoms with Gasteiger partial charge < -0.3 is 24.4 Å². The molecule has 1 heterocycles. The highest BCUT2D eigenvalue weighted by molar-refractivity contribution is 6.03. The number of hydrogen-bond acceptors (Lipinski definition) is 5. The van der Waals surface area contributed by atoms with E-state index in [0.717, 1.165) is 17.7 Å². The third-order valence-electron chi connectivity index (χ3n) is 5.21. The summed E-state index contributed by atoms with van der Waals surface area (Å²) in [6.07, 6.45) is 3.98. The van der Waals surface area contributed by atoms with Crippen molar-refractivity contribution in [3.8, 4) is 17.2 Å². The van der Waals surface area contributed by atoms with E-state index in [9.17, 15) is 9.59 Å². The number of anilines is 2. The Bertz CT molecular complexity index is 1030. The van der Waals surface area contributed by atoms with Gasteiger partial charge in [0.2, 0.25) is 11.8 Å². The van der Waals surface area contributed by atoms with Crippen molar-refractivity contribution in [1.82, 2.24) is 0 Å². The van der Waals surface area contributed by atoms with Crippen LogP contribution >= 0.6 is 0 Å². The Balaban J connectivity index is 1.76. The highest BCUT2D eigenvalue weighted by Gasteiger charge is 2.37. The van der Waals surface area contributed by atoms with Crippen LogP contribution in [0.3, 0.4) is 0 Å². The van der Waals surface area contributed by atoms with Gasteiger partial charge in [0.15, 0.2) is 11.5 Å². The minimum Gasteiger partial charge on any atom is -0.493 e. The Morgan fingerprint density at radius 2 is 1.91 bits per heavy atom. The van der Waals surface area contributed by atoms with Crippen LogP contribution in [0.15, 0.2) is 42.5 Å². The van der Waals surface area contributed by atoms with Gasteiger partial charge in [-0.05, 0) is 56.2 Å². The first-order valence-electron chi connectivity index (χ1n) is 10.6. The van der Waals surface area contributed by atoms with Crippen LogP contribution in [0, 0.1) is 5.41 Å². The maximum Gasteiger partial charge on any atom is 0.248 e. The van der Waals surface area contributed by atoms with E-state index < -0.39 is 5.41 Å². The molecule has 0 spiro atoms. The summed E-state index contributed by atoms with van der Waals surface area (Å²) < 4.78 is 16.5. The smallest absolute Gasteiger partial charge is 0.248 e. The molecular formula is C25H30N2O5. The number of carbonyl (C=O) groups is 2. The molecule has 170 valence electrons. The van der Waals surface area contributed by atoms with E-state index in [1.807, 2.05) is 32.9 Å². The average molecular weight is 439 g/mol. The Kier molecular flexibility index (Phi) is 7.08. The van der Waals surface area contributed by atoms with Crippen molar-refractivity contribution in [2.75, 3.05) is 37.6 Å². The maximum atomic E-state index is 12.9. The Morgan fingerprint density at radius 1 is 1.16 bits per heavy atom. The predicted molar refractivity (Wildman–Crippen MR) is 126 cm³/mol. The van der Waals surface area contributed by atoms with Crippen LogP contribution in [0.5, 0.6) is 17.2 Å². The van der Waals surface area contributed by atoms with Gasteiger partial charge in [-0.25, -0.2) is 0 Å². The lowest BCUT2D eigenvalue weighted by molar-refractivity contribution is -0.127. The van der Waals surface area contributed by atoms with E-state index in [2.05, 4.69) is 5.32 Å². The lowest BCUT2D eigenvalue weighted by atomic mass is 9.93. The number of methoxy groups -OCH3 is 2. The van der Waals surface area contributed by atoms with Gasteiger partial charge in [-0.2, -0.15) is 0 Å². The predicted octanol–water partition coefficient (Wildman–Crippen LogP) is 4.52. The SMILES string of the molecule is CCCN1C(=O)C(C)(C)COc2cc(NC(=O)/C=C/c3ccc(OC)c(OC)c3)ccc21. The first kappa shape index (κ1) is 23.2. The van der Waals surface area contributed by atoms with Crippen molar-refractivity contribution >= 4 is 29.3 Å². The summed E-state index contributed by atoms with van der Waals surface area (Å²) in [7, 11) is 3.14. The number of fused-ring (bicyclic) bond motifs is 1. The second-order valence-corrected chi connectivity index (χ2v) is 8.25. The van der Waals surface area contributed by atoms with Gasteiger partial charge in [-0.1, -0.05) is 13.0 Å². The number of hydrogen-bond donors (Lipinski definition) is 1. The Labute approximate surface area is 189 Å². The lowest BCUT2D eigenvalue weighted by Gasteiger charge is -2.27. The third kappa shape index (κ3) is 5.04. The fourth-order valence-electron chi connectivity index (χ4n) is 3.48. The second kappa shape index (κ2) is 9.77. The van der Waals surface area contributed by atoms with Crippen LogP contribution < -0.4 is 24.4 Å². The van der Waals surface area contributed by atoms with Crippen LogP contribution in [0.4, 0.5) is 11.4 Å². The van der Waals surface area contributed by atoms with Gasteiger partial charge in [-0.3, -0.25) is 9.59 Å². The van der Waals surface area contributed by atoms with Gasteiger partial charge in [0.1, 0.15) is 12.4 Å². The van der Waals surface area contributed by atoms with E-state index in [1.165, 1.54) is 6.08 Å². The number of amides is 2. The van der Waals surface area contributed by atoms with E-state index in [1.54, 1.807) is 49.5 Å². The molecule has 1 N–H and O–H groups in total. The molecule has 0 bridgehead atoms. The van der Waals surface area contributed by atoms with Crippen molar-refractivity contribution in [2.24, 2.45) is 5.41 Å². The molecule has 7 nitrogen and oxygen atoms in total. The molecule has 2 amide bonds. The molecular weight excluding hydrogens is 408 g/mol. The van der Waals surface area contributed by atoms with Crippen LogP contribution in [0.1, 0.15) is 32.8 Å². The van der Waals surface area contributed by atoms with Crippen LogP contribution in [0.2, 0.25) is 0 Å². The van der Waals surface area contributed by atoms with Crippen molar-refractivity contribution in [1.29, 1.82) is 0 Å². The van der Waals surface area contributed by atoms with Gasteiger partial charge in [0.25, 0.3) is 0 Å². The summed E-state index contributed by atoms with van der Waals surface area (Å²) in [5, 5.41) is 2.85. The molecule has 0 radical (unpaired) electrons. The maximum absolute atomic E-state index is 12.9. The Hall–Kier alpha value is -3.48. The van der Waals surface area contributed by atoms with Gasteiger partial charge >= 0.3 is 0 Å². The third-order valence-corrected chi connectivity index (χ3v) is 5.21. The number of nitrogens with zero attached hydrogens (tertiary/aromatic N) is 1. The normalized spacial score (nSPS) is 15.0. The van der Waals surface area contributed by atoms with E-state index >= 15 is 0 Å². The summed E-state index contributed by atoms with van der Waals surface area (Å²) in [5.74, 6) is 1.55. The molecule has 0 unspecified atom stereocenters. The summed E-state index contributed by atoms with van der Waals surface area (Å²) in [4.78, 5) is 27.2. The fraction of sp³-hybridized carbons (Fsp3) is 0.360. The summed E-state index contributed by atoms with van der Waals surface area (Å²) in [6, 6.07) is 10.8. The monoisotopic (exact) mass is 438 g/mol. The molecule has 0 saturated carbocycles. The number of ether oxygens (including phenoxy) is 3. The zero-order valence-corrected chi connectivity index (χ0v) is 19.2. The van der Waals surface area contributed by atoms with Crippen molar-refractivity contribution in [3.63, 3.8) is 0 Å². The average Bonchev–Trinajstić information content (AvgIpc) is 2.87. The first-order valence-corrected chi connectivity index (χ1v) is 10.6. The van der Waals surface area contributed by atoms with Crippen LogP contribution in [0.25, 0.3) is 6.08 Å². The van der Waals surface area contributed by atoms with Crippen molar-refractivity contribution in [2.45, 2.75) is 27.2 Å². The van der Waals surface area contributed by atoms with Crippen LogP contribution in [-0.2, 0) is 9.59 Å². The molecule has 3 rings (SSSR count). The fourth-order valence-corrected chi connectivity index (χ4v) is 3.48. The molecule has 0 fully saturated rings. The van der Waals surface area contributed by atoms with Gasteiger partial charge in [-0.15, -0.1) is 0 Å². The molecule has 2 aromatic carbocycles. The molecule has 2 aromatic rings. The number of rotatable bonds is 7. The van der Waals surface area contributed by atoms with E-state index in [4.69, 9.17) is 14.2 Å². The number of carbonyl (C=O) groups excluding carboxylic acids is 2. The standard InChI is InChI=1S/C25H30N2O5/c1-6-13-27-19-10-9-18(15-21(19)32-16-25(2,3)24(27)29)26-23(28)12-8-17-7-11-20(30-4)22(14-17)31-5/h7-12,14-15H,6,13,16H2,1-5H3,(H,26,28)/b12-8+. The van der Waals surface area contributed by atoms with Gasteiger partial charge in [0.05, 0.1) is 25.3 Å². The van der Waals surface area contributed by atoms with Crippen molar-refractivity contribution in [3.05, 3.63) is 48.0 Å². The summed E-state index contributed by atoms with van der Waals surface area (Å²) in [5.41, 5.74) is 1.49. The molecule has 0 saturated heterocycles. The first-order chi connectivity index (χ1) is 15.3. The molecule has 0 aromatic heterocycles. The van der Waals surface area contributed by atoms with Gasteiger partial charge in [0, 0.05) is 24.4 Å². The number of nitrogens with one attached hydrogen (secondary N) is 1. The minimum absolute atomic E-state index is 0.0349. The van der Waals surface area contributed by atoms with Crippen LogP contribution in [-0.4, -0.2) is 39.2 Å². The highest BCUT2D eigenvalue weighted by atomic mass is 16.5. The van der Waals surface area contributed by atoms with E-state index in [0.29, 0.717) is 29.5 Å². The zero-order chi connectivity index (χ0) is 23.3. The quantitative estimate of drug-likeness (QED) is 0.644. The summed E-state index contributed by atoms with van der Waals surface area (Å²) >= 11 is 0. The topological polar surface area (TPSA) is 77.1 Å². The molecule has 7 heteroatoms. The van der Waals surface area contributed by atoms with Crippen molar-refractivity contribution < 1.29 is 23.8 Å². The largest absolute Gasteiger partial charge is 0.493 e. The Morgan fingerprint density at radius 3 is 2.59 bits per heavy atom. The molecule has 1 aliphatic heterocycles. The molecule has 1 aliphatic rings. The molecule has 0 atom stereocenters.